The second-order valence-corrected chi connectivity index (χ2v) is 4.59. The molecule has 0 heterocycles. The highest BCUT2D eigenvalue weighted by molar-refractivity contribution is 5.80. The zero-order valence-corrected chi connectivity index (χ0v) is 11.3. The average molecular weight is 272 g/mol. The maximum atomic E-state index is 13.4. The Hall–Kier alpha value is -2.36. The summed E-state index contributed by atoms with van der Waals surface area (Å²) in [6, 6.07) is 14.2. The molecule has 0 unspecified atom stereocenters. The van der Waals surface area contributed by atoms with Crippen LogP contribution in [-0.2, 0) is 11.3 Å². The molecule has 0 saturated heterocycles. The van der Waals surface area contributed by atoms with Crippen molar-refractivity contribution in [2.75, 3.05) is 11.9 Å². The summed E-state index contributed by atoms with van der Waals surface area (Å²) in [5.74, 6) is -0.479. The summed E-state index contributed by atoms with van der Waals surface area (Å²) in [5, 5.41) is 5.70. The molecule has 0 saturated carbocycles. The highest BCUT2D eigenvalue weighted by atomic mass is 19.1. The number of benzene rings is 2. The van der Waals surface area contributed by atoms with E-state index in [1.54, 1.807) is 18.2 Å². The predicted molar refractivity (Wildman–Crippen MR) is 77.9 cm³/mol. The Morgan fingerprint density at radius 3 is 2.50 bits per heavy atom. The minimum absolute atomic E-state index is 0.164. The molecule has 2 aromatic rings. The Balaban J connectivity index is 1.78. The maximum absolute atomic E-state index is 13.4. The fourth-order valence-corrected chi connectivity index (χ4v) is 1.75. The van der Waals surface area contributed by atoms with Crippen molar-refractivity contribution >= 4 is 11.6 Å². The Morgan fingerprint density at radius 2 is 1.80 bits per heavy atom. The van der Waals surface area contributed by atoms with Gasteiger partial charge in [0.1, 0.15) is 5.82 Å². The van der Waals surface area contributed by atoms with E-state index in [2.05, 4.69) is 10.6 Å². The van der Waals surface area contributed by atoms with Crippen molar-refractivity contribution in [1.29, 1.82) is 0 Å². The molecule has 0 fully saturated rings. The molecule has 0 aliphatic carbocycles. The Bertz CT molecular complexity index is 581. The van der Waals surface area contributed by atoms with Gasteiger partial charge in [0.2, 0.25) is 5.91 Å². The number of carbonyl (C=O) groups is 1. The van der Waals surface area contributed by atoms with Crippen LogP contribution in [0, 0.1) is 12.7 Å². The van der Waals surface area contributed by atoms with Crippen LogP contribution in [0.2, 0.25) is 0 Å². The zero-order chi connectivity index (χ0) is 14.4. The van der Waals surface area contributed by atoms with E-state index in [4.69, 9.17) is 0 Å². The van der Waals surface area contributed by atoms with Crippen molar-refractivity contribution < 1.29 is 9.18 Å². The van der Waals surface area contributed by atoms with Gasteiger partial charge in [-0.15, -0.1) is 0 Å². The van der Waals surface area contributed by atoms with E-state index in [0.29, 0.717) is 5.56 Å². The molecule has 2 rings (SSSR count). The van der Waals surface area contributed by atoms with E-state index in [1.807, 2.05) is 31.2 Å². The molecule has 1 amide bonds. The molecule has 3 nitrogen and oxygen atoms in total. The summed E-state index contributed by atoms with van der Waals surface area (Å²) in [6.07, 6.45) is 0. The molecule has 0 bridgehead atoms. The van der Waals surface area contributed by atoms with E-state index in [9.17, 15) is 9.18 Å². The lowest BCUT2D eigenvalue weighted by atomic mass is 10.2. The summed E-state index contributed by atoms with van der Waals surface area (Å²) in [4.78, 5) is 11.7. The van der Waals surface area contributed by atoms with Crippen LogP contribution in [0.25, 0.3) is 0 Å². The maximum Gasteiger partial charge on any atom is 0.239 e. The van der Waals surface area contributed by atoms with Gasteiger partial charge in [0.05, 0.1) is 6.54 Å². The second kappa shape index (κ2) is 6.70. The van der Waals surface area contributed by atoms with E-state index in [-0.39, 0.29) is 24.8 Å². The minimum atomic E-state index is -0.306. The number of nitrogens with one attached hydrogen (secondary N) is 2. The standard InChI is InChI=1S/C16H17FN2O/c1-12-6-8-14(9-7-12)18-11-16(20)19-10-13-4-2-3-5-15(13)17/h2-9,18H,10-11H2,1H3,(H,19,20). The molecule has 20 heavy (non-hydrogen) atoms. The monoisotopic (exact) mass is 272 g/mol. The van der Waals surface area contributed by atoms with E-state index >= 15 is 0 Å². The number of aryl methyl sites for hydroxylation is 1. The molecule has 0 aliphatic rings. The molecular weight excluding hydrogens is 255 g/mol. The Kier molecular flexibility index (Phi) is 4.71. The van der Waals surface area contributed by atoms with Crippen LogP contribution in [-0.4, -0.2) is 12.5 Å². The highest BCUT2D eigenvalue weighted by Crippen LogP contribution is 2.08. The first-order chi connectivity index (χ1) is 9.65. The van der Waals surface area contributed by atoms with Gasteiger partial charge in [-0.2, -0.15) is 0 Å². The van der Waals surface area contributed by atoms with Crippen molar-refractivity contribution in [3.63, 3.8) is 0 Å². The number of hydrogen-bond acceptors (Lipinski definition) is 2. The number of hydrogen-bond donors (Lipinski definition) is 2. The molecule has 0 atom stereocenters. The number of anilines is 1. The fraction of sp³-hybridized carbons (Fsp3) is 0.188. The van der Waals surface area contributed by atoms with Crippen molar-refractivity contribution in [2.45, 2.75) is 13.5 Å². The van der Waals surface area contributed by atoms with E-state index < -0.39 is 0 Å². The molecule has 2 N–H and O–H groups in total. The van der Waals surface area contributed by atoms with Crippen molar-refractivity contribution in [3.05, 3.63) is 65.5 Å². The molecule has 0 spiro atoms. The quantitative estimate of drug-likeness (QED) is 0.878. The molecule has 0 aliphatic heterocycles. The van der Waals surface area contributed by atoms with E-state index in [1.165, 1.54) is 11.6 Å². The first-order valence-corrected chi connectivity index (χ1v) is 6.46. The van der Waals surface area contributed by atoms with Crippen LogP contribution < -0.4 is 10.6 Å². The lowest BCUT2D eigenvalue weighted by Crippen LogP contribution is -2.29. The highest BCUT2D eigenvalue weighted by Gasteiger charge is 2.04. The van der Waals surface area contributed by atoms with Gasteiger partial charge in [0.15, 0.2) is 0 Å². The van der Waals surface area contributed by atoms with Gasteiger partial charge in [-0.25, -0.2) is 4.39 Å². The second-order valence-electron chi connectivity index (χ2n) is 4.59. The van der Waals surface area contributed by atoms with Gasteiger partial charge in [0, 0.05) is 17.8 Å². The van der Waals surface area contributed by atoms with Crippen LogP contribution in [0.3, 0.4) is 0 Å². The van der Waals surface area contributed by atoms with Crippen LogP contribution in [0.1, 0.15) is 11.1 Å². The number of amides is 1. The van der Waals surface area contributed by atoms with Gasteiger partial charge in [0.25, 0.3) is 0 Å². The lowest BCUT2D eigenvalue weighted by Gasteiger charge is -2.08. The van der Waals surface area contributed by atoms with Crippen LogP contribution in [0.5, 0.6) is 0 Å². The fourth-order valence-electron chi connectivity index (χ4n) is 1.75. The summed E-state index contributed by atoms with van der Waals surface area (Å²) >= 11 is 0. The normalized spacial score (nSPS) is 10.1. The van der Waals surface area contributed by atoms with Crippen molar-refractivity contribution in [2.24, 2.45) is 0 Å². The summed E-state index contributed by atoms with van der Waals surface area (Å²) < 4.78 is 13.4. The van der Waals surface area contributed by atoms with Crippen LogP contribution in [0.4, 0.5) is 10.1 Å². The third kappa shape index (κ3) is 4.09. The van der Waals surface area contributed by atoms with Crippen molar-refractivity contribution in [1.82, 2.24) is 5.32 Å². The average Bonchev–Trinajstić information content (AvgIpc) is 2.46. The van der Waals surface area contributed by atoms with Crippen LogP contribution >= 0.6 is 0 Å². The van der Waals surface area contributed by atoms with Gasteiger partial charge < -0.3 is 10.6 Å². The van der Waals surface area contributed by atoms with Gasteiger partial charge in [-0.05, 0) is 25.1 Å². The van der Waals surface area contributed by atoms with Crippen LogP contribution in [0.15, 0.2) is 48.5 Å². The van der Waals surface area contributed by atoms with E-state index in [0.717, 1.165) is 5.69 Å². The largest absolute Gasteiger partial charge is 0.376 e. The Labute approximate surface area is 117 Å². The first kappa shape index (κ1) is 14.1. The zero-order valence-electron chi connectivity index (χ0n) is 11.3. The molecule has 4 heteroatoms. The summed E-state index contributed by atoms with van der Waals surface area (Å²) in [5.41, 5.74) is 2.53. The molecule has 104 valence electrons. The molecular formula is C16H17FN2O. The predicted octanol–water partition coefficient (Wildman–Crippen LogP) is 2.86. The lowest BCUT2D eigenvalue weighted by molar-refractivity contribution is -0.119. The third-order valence-electron chi connectivity index (χ3n) is 2.94. The summed E-state index contributed by atoms with van der Waals surface area (Å²) in [7, 11) is 0. The Morgan fingerprint density at radius 1 is 1.10 bits per heavy atom. The minimum Gasteiger partial charge on any atom is -0.376 e. The summed E-state index contributed by atoms with van der Waals surface area (Å²) in [6.45, 7) is 2.36. The SMILES string of the molecule is Cc1ccc(NCC(=O)NCc2ccccc2F)cc1. The molecule has 0 aromatic heterocycles. The first-order valence-electron chi connectivity index (χ1n) is 6.46. The van der Waals surface area contributed by atoms with Gasteiger partial charge in [-0.3, -0.25) is 4.79 Å². The number of rotatable bonds is 5. The smallest absolute Gasteiger partial charge is 0.239 e. The van der Waals surface area contributed by atoms with Gasteiger partial charge >= 0.3 is 0 Å². The number of halogens is 1. The number of carbonyl (C=O) groups excluding carboxylic acids is 1. The topological polar surface area (TPSA) is 41.1 Å². The van der Waals surface area contributed by atoms with Crippen molar-refractivity contribution in [3.8, 4) is 0 Å². The van der Waals surface area contributed by atoms with Gasteiger partial charge in [-0.1, -0.05) is 35.9 Å². The molecule has 0 radical (unpaired) electrons. The molecule has 2 aromatic carbocycles. The third-order valence-corrected chi connectivity index (χ3v) is 2.94.